The summed E-state index contributed by atoms with van der Waals surface area (Å²) in [6, 6.07) is 20.9. The van der Waals surface area contributed by atoms with Crippen LogP contribution in [0.1, 0.15) is 110 Å². The van der Waals surface area contributed by atoms with Gasteiger partial charge in [-0.15, -0.1) is 0 Å². The number of esters is 1. The molecule has 322 valence electrons. The van der Waals surface area contributed by atoms with Gasteiger partial charge in [0.2, 0.25) is 5.91 Å². The molecular formula is C44H61N5O10. The molecule has 0 radical (unpaired) electrons. The summed E-state index contributed by atoms with van der Waals surface area (Å²) in [5.41, 5.74) is 0.148. The molecule has 15 nitrogen and oxygen atoms in total. The number of rotatable bonds is 20. The second-order valence-electron chi connectivity index (χ2n) is 16.5. The van der Waals surface area contributed by atoms with Crippen molar-refractivity contribution in [1.82, 2.24) is 19.4 Å². The summed E-state index contributed by atoms with van der Waals surface area (Å²) >= 11 is 0. The molecule has 59 heavy (non-hydrogen) atoms. The number of hydrogen-bond acceptors (Lipinski definition) is 11. The zero-order chi connectivity index (χ0) is 42.8. The first-order valence-corrected chi connectivity index (χ1v) is 20.4. The van der Waals surface area contributed by atoms with Crippen molar-refractivity contribution in [3.8, 4) is 0 Å². The van der Waals surface area contributed by atoms with Gasteiger partial charge in [-0.3, -0.25) is 14.2 Å². The van der Waals surface area contributed by atoms with Gasteiger partial charge in [0.15, 0.2) is 12.5 Å². The van der Waals surface area contributed by atoms with Crippen LogP contribution >= 0.6 is 0 Å². The number of anilines is 1. The van der Waals surface area contributed by atoms with Gasteiger partial charge in [-0.25, -0.2) is 14.4 Å². The van der Waals surface area contributed by atoms with E-state index < -0.39 is 35.4 Å². The van der Waals surface area contributed by atoms with Gasteiger partial charge in [0.05, 0.1) is 6.61 Å². The molecule has 0 saturated carbocycles. The second kappa shape index (κ2) is 22.8. The molecule has 0 bridgehead atoms. The highest BCUT2D eigenvalue weighted by Crippen LogP contribution is 2.21. The van der Waals surface area contributed by atoms with Crippen molar-refractivity contribution in [2.75, 3.05) is 31.6 Å². The van der Waals surface area contributed by atoms with E-state index in [-0.39, 0.29) is 50.0 Å². The fourth-order valence-corrected chi connectivity index (χ4v) is 6.06. The van der Waals surface area contributed by atoms with Gasteiger partial charge in [-0.1, -0.05) is 73.5 Å². The molecule has 0 unspecified atom stereocenters. The molecule has 1 aromatic heterocycles. The maximum atomic E-state index is 12.8. The van der Waals surface area contributed by atoms with Crippen LogP contribution in [0.5, 0.6) is 0 Å². The summed E-state index contributed by atoms with van der Waals surface area (Å²) in [6.07, 6.45) is 3.43. The number of carbonyl (C=O) groups excluding carboxylic acids is 4. The summed E-state index contributed by atoms with van der Waals surface area (Å²) in [6.45, 7) is 12.7. The van der Waals surface area contributed by atoms with Gasteiger partial charge < -0.3 is 38.8 Å². The Kier molecular flexibility index (Phi) is 17.9. The predicted octanol–water partition coefficient (Wildman–Crippen LogP) is 7.59. The van der Waals surface area contributed by atoms with Crippen LogP contribution in [0.4, 0.5) is 15.4 Å². The molecule has 3 aromatic rings. The molecule has 2 heterocycles. The molecule has 0 aliphatic carbocycles. The fourth-order valence-electron chi connectivity index (χ4n) is 6.06. The average molecular weight is 820 g/mol. The Morgan fingerprint density at radius 1 is 0.746 bits per heavy atom. The molecule has 1 N–H and O–H groups in total. The zero-order valence-corrected chi connectivity index (χ0v) is 35.4. The summed E-state index contributed by atoms with van der Waals surface area (Å²) in [5, 5.41) is 2.67. The third-order valence-electron chi connectivity index (χ3n) is 8.90. The lowest BCUT2D eigenvalue weighted by Crippen LogP contribution is -2.37. The van der Waals surface area contributed by atoms with Gasteiger partial charge in [0.1, 0.15) is 23.6 Å². The first-order valence-electron chi connectivity index (χ1n) is 20.4. The summed E-state index contributed by atoms with van der Waals surface area (Å²) in [5.74, 6) is -0.567. The van der Waals surface area contributed by atoms with Crippen LogP contribution in [-0.4, -0.2) is 87.2 Å². The highest BCUT2D eigenvalue weighted by molar-refractivity contribution is 5.89. The maximum Gasteiger partial charge on any atom is 0.410 e. The summed E-state index contributed by atoms with van der Waals surface area (Å²) in [4.78, 5) is 70.9. The minimum atomic E-state index is -0.856. The van der Waals surface area contributed by atoms with E-state index in [0.29, 0.717) is 64.7 Å². The van der Waals surface area contributed by atoms with Crippen molar-refractivity contribution in [1.29, 1.82) is 0 Å². The van der Waals surface area contributed by atoms with Crippen LogP contribution in [0.3, 0.4) is 0 Å². The van der Waals surface area contributed by atoms with E-state index in [4.69, 9.17) is 23.7 Å². The van der Waals surface area contributed by atoms with Gasteiger partial charge in [0, 0.05) is 45.2 Å². The Hall–Kier alpha value is -5.28. The molecule has 3 amide bonds. The third kappa shape index (κ3) is 17.6. The van der Waals surface area contributed by atoms with Crippen LogP contribution in [0, 0.1) is 0 Å². The van der Waals surface area contributed by atoms with E-state index in [9.17, 15) is 24.0 Å². The molecule has 1 aliphatic rings. The number of carbonyl (C=O) groups is 4. The van der Waals surface area contributed by atoms with Gasteiger partial charge in [0.25, 0.3) is 0 Å². The van der Waals surface area contributed by atoms with Crippen LogP contribution in [-0.2, 0) is 46.4 Å². The van der Waals surface area contributed by atoms with Crippen LogP contribution in [0.25, 0.3) is 0 Å². The Bertz CT molecular complexity index is 1840. The Morgan fingerprint density at radius 3 is 1.78 bits per heavy atom. The quantitative estimate of drug-likeness (QED) is 0.0678. The van der Waals surface area contributed by atoms with Crippen molar-refractivity contribution >= 4 is 29.9 Å². The highest BCUT2D eigenvalue weighted by atomic mass is 16.7. The fraction of sp³-hybridized carbons (Fsp3) is 0.545. The van der Waals surface area contributed by atoms with Gasteiger partial charge >= 0.3 is 23.8 Å². The predicted molar refractivity (Wildman–Crippen MR) is 221 cm³/mol. The minimum Gasteiger partial charge on any atom is -0.460 e. The number of nitrogens with zero attached hydrogens (tertiary/aromatic N) is 4. The summed E-state index contributed by atoms with van der Waals surface area (Å²) < 4.78 is 29.2. The maximum absolute atomic E-state index is 12.8. The number of hydrogen-bond donors (Lipinski definition) is 1. The number of amides is 3. The SMILES string of the molecule is CC(C)(C)OC(=O)N(CCCCCC(=O)Nc1ccn([C@@H]2CO[C@H](COC(=O)CCCCCN(Cc3ccccc3)C(=O)OC(C)(C)C)O2)c(=O)n1)Cc1ccccc1. The van der Waals surface area contributed by atoms with Gasteiger partial charge in [-0.2, -0.15) is 4.98 Å². The molecule has 1 aliphatic heterocycles. The minimum absolute atomic E-state index is 0.0450. The van der Waals surface area contributed by atoms with Crippen LogP contribution < -0.4 is 11.0 Å². The number of benzene rings is 2. The smallest absolute Gasteiger partial charge is 0.410 e. The Morgan fingerprint density at radius 2 is 1.27 bits per heavy atom. The number of unbranched alkanes of at least 4 members (excludes halogenated alkanes) is 4. The van der Waals surface area contributed by atoms with E-state index in [1.807, 2.05) is 102 Å². The summed E-state index contributed by atoms with van der Waals surface area (Å²) in [7, 11) is 0. The number of nitrogens with one attached hydrogen (secondary N) is 1. The van der Waals surface area contributed by atoms with E-state index in [1.165, 1.54) is 16.8 Å². The number of ether oxygens (including phenoxy) is 5. The van der Waals surface area contributed by atoms with Crippen LogP contribution in [0.15, 0.2) is 77.7 Å². The van der Waals surface area contributed by atoms with E-state index in [0.717, 1.165) is 11.1 Å². The van der Waals surface area contributed by atoms with E-state index in [1.54, 1.807) is 9.80 Å². The lowest BCUT2D eigenvalue weighted by atomic mass is 10.1. The molecular weight excluding hydrogens is 759 g/mol. The largest absolute Gasteiger partial charge is 0.460 e. The molecule has 1 saturated heterocycles. The highest BCUT2D eigenvalue weighted by Gasteiger charge is 2.30. The van der Waals surface area contributed by atoms with Crippen molar-refractivity contribution in [3.05, 3.63) is 94.5 Å². The van der Waals surface area contributed by atoms with Crippen LogP contribution in [0.2, 0.25) is 0 Å². The molecule has 2 atom stereocenters. The lowest BCUT2D eigenvalue weighted by Gasteiger charge is -2.27. The van der Waals surface area contributed by atoms with Crippen molar-refractivity contribution < 1.29 is 42.9 Å². The Balaban J connectivity index is 1.12. The molecule has 0 spiro atoms. The molecule has 1 fully saturated rings. The third-order valence-corrected chi connectivity index (χ3v) is 8.90. The monoisotopic (exact) mass is 819 g/mol. The van der Waals surface area contributed by atoms with Crippen molar-refractivity contribution in [3.63, 3.8) is 0 Å². The van der Waals surface area contributed by atoms with E-state index in [2.05, 4.69) is 10.3 Å². The van der Waals surface area contributed by atoms with Crippen molar-refractivity contribution in [2.24, 2.45) is 0 Å². The first-order chi connectivity index (χ1) is 28.0. The van der Waals surface area contributed by atoms with Gasteiger partial charge in [-0.05, 0) is 84.4 Å². The van der Waals surface area contributed by atoms with Crippen molar-refractivity contribution in [2.45, 2.75) is 130 Å². The second-order valence-corrected chi connectivity index (χ2v) is 16.5. The standard InChI is InChI=1S/C44H61N5O10/c1-43(2,3)58-41(53)47(29-33-19-11-7-12-20-33)26-17-9-15-23-36(50)45-35-25-28-49(40(52)46-35)37-31-56-39(57-37)32-55-38(51)24-16-10-18-27-48(42(54)59-44(4,5)6)30-34-21-13-8-14-22-34/h7-8,11-14,19-22,25,28,37,39H,9-10,15-18,23-24,26-27,29-32H2,1-6H3,(H,45,46,50,52)/t37-,39-/m0/s1. The first kappa shape index (κ1) is 46.4. The Labute approximate surface area is 347 Å². The molecule has 4 rings (SSSR count). The lowest BCUT2D eigenvalue weighted by molar-refractivity contribution is -0.159. The topological polar surface area (TPSA) is 168 Å². The number of aromatic nitrogens is 2. The molecule has 2 aromatic carbocycles. The normalized spacial score (nSPS) is 15.3. The average Bonchev–Trinajstić information content (AvgIpc) is 3.64. The molecule has 15 heteroatoms. The zero-order valence-electron chi connectivity index (χ0n) is 35.4. The van der Waals surface area contributed by atoms with E-state index >= 15 is 0 Å².